The number of oxazole rings is 1. The van der Waals surface area contributed by atoms with Gasteiger partial charge in [0, 0.05) is 22.5 Å². The summed E-state index contributed by atoms with van der Waals surface area (Å²) >= 11 is 3.16. The smallest absolute Gasteiger partial charge is 0.291 e. The van der Waals surface area contributed by atoms with Crippen LogP contribution < -0.4 is 10.6 Å². The van der Waals surface area contributed by atoms with E-state index in [1.165, 1.54) is 0 Å². The Bertz CT molecular complexity index is 1260. The Balaban J connectivity index is 1.48. The molecule has 2 N–H and O–H groups in total. The third kappa shape index (κ3) is 4.75. The van der Waals surface area contributed by atoms with E-state index in [4.69, 9.17) is 8.83 Å². The predicted octanol–water partition coefficient (Wildman–Crippen LogP) is 5.82. The molecule has 0 saturated carbocycles. The standard InChI is InChI=1S/C23H18BrN3O4/c1-13-14(2)30-23(25-13)16-6-4-8-18(12-16)26-21(28)15-5-3-7-17(11-15)27-22(29)19-9-10-20(24)31-19/h3-12H,1-2H3,(H,26,28)(H,27,29). The van der Waals surface area contributed by atoms with Crippen molar-refractivity contribution in [1.82, 2.24) is 4.98 Å². The van der Waals surface area contributed by atoms with Crippen LogP contribution in [0.3, 0.4) is 0 Å². The second kappa shape index (κ2) is 8.61. The highest BCUT2D eigenvalue weighted by Gasteiger charge is 2.13. The molecule has 4 rings (SSSR count). The number of aromatic nitrogens is 1. The lowest BCUT2D eigenvalue weighted by Crippen LogP contribution is -2.14. The van der Waals surface area contributed by atoms with Crippen molar-refractivity contribution in [2.45, 2.75) is 13.8 Å². The van der Waals surface area contributed by atoms with Crippen molar-refractivity contribution in [1.29, 1.82) is 0 Å². The number of carbonyl (C=O) groups excluding carboxylic acids is 2. The largest absolute Gasteiger partial charge is 0.444 e. The van der Waals surface area contributed by atoms with Gasteiger partial charge in [-0.25, -0.2) is 4.98 Å². The van der Waals surface area contributed by atoms with Crippen molar-refractivity contribution >= 4 is 39.1 Å². The molecule has 4 aromatic rings. The first kappa shape index (κ1) is 20.6. The first-order chi connectivity index (χ1) is 14.9. The number of halogens is 1. The topological polar surface area (TPSA) is 97.4 Å². The summed E-state index contributed by atoms with van der Waals surface area (Å²) in [5.74, 6) is 0.697. The van der Waals surface area contributed by atoms with Crippen LogP contribution in [0.5, 0.6) is 0 Å². The molecule has 0 fully saturated rings. The van der Waals surface area contributed by atoms with Crippen LogP contribution in [0.25, 0.3) is 11.5 Å². The molecule has 0 aliphatic rings. The zero-order valence-electron chi connectivity index (χ0n) is 16.7. The summed E-state index contributed by atoms with van der Waals surface area (Å²) in [7, 11) is 0. The molecule has 0 bridgehead atoms. The first-order valence-corrected chi connectivity index (χ1v) is 10.2. The summed E-state index contributed by atoms with van der Waals surface area (Å²) in [6.45, 7) is 3.73. The maximum absolute atomic E-state index is 12.7. The van der Waals surface area contributed by atoms with Gasteiger partial charge in [0.25, 0.3) is 11.8 Å². The molecule has 0 atom stereocenters. The average molecular weight is 480 g/mol. The summed E-state index contributed by atoms with van der Waals surface area (Å²) in [5, 5.41) is 5.57. The van der Waals surface area contributed by atoms with E-state index in [1.54, 1.807) is 48.5 Å². The first-order valence-electron chi connectivity index (χ1n) is 9.41. The van der Waals surface area contributed by atoms with Crippen molar-refractivity contribution < 1.29 is 18.4 Å². The van der Waals surface area contributed by atoms with E-state index >= 15 is 0 Å². The van der Waals surface area contributed by atoms with Gasteiger partial charge in [-0.2, -0.15) is 0 Å². The fraction of sp³-hybridized carbons (Fsp3) is 0.0870. The van der Waals surface area contributed by atoms with Gasteiger partial charge in [0.15, 0.2) is 10.4 Å². The molecular weight excluding hydrogens is 462 g/mol. The molecule has 0 aliphatic carbocycles. The monoisotopic (exact) mass is 479 g/mol. The number of amides is 2. The minimum atomic E-state index is -0.410. The van der Waals surface area contributed by atoms with Crippen LogP contribution in [-0.2, 0) is 0 Å². The second-order valence-electron chi connectivity index (χ2n) is 6.83. The van der Waals surface area contributed by atoms with Crippen molar-refractivity contribution in [3.05, 3.63) is 88.1 Å². The Morgan fingerprint density at radius 1 is 0.871 bits per heavy atom. The number of carbonyl (C=O) groups is 2. The van der Waals surface area contributed by atoms with Crippen LogP contribution in [0, 0.1) is 13.8 Å². The fourth-order valence-corrected chi connectivity index (χ4v) is 3.20. The lowest BCUT2D eigenvalue weighted by molar-refractivity contribution is 0.0992. The highest BCUT2D eigenvalue weighted by Crippen LogP contribution is 2.24. The number of anilines is 2. The van der Waals surface area contributed by atoms with Crippen molar-refractivity contribution in [3.63, 3.8) is 0 Å². The molecular formula is C23H18BrN3O4. The third-order valence-corrected chi connectivity index (χ3v) is 5.00. The molecule has 31 heavy (non-hydrogen) atoms. The molecule has 0 radical (unpaired) electrons. The van der Waals surface area contributed by atoms with E-state index in [-0.39, 0.29) is 11.7 Å². The maximum Gasteiger partial charge on any atom is 0.291 e. The lowest BCUT2D eigenvalue weighted by atomic mass is 10.1. The van der Waals surface area contributed by atoms with Gasteiger partial charge in [0.05, 0.1) is 5.69 Å². The Kier molecular flexibility index (Phi) is 5.73. The number of nitrogens with zero attached hydrogens (tertiary/aromatic N) is 1. The Hall–Kier alpha value is -3.65. The van der Waals surface area contributed by atoms with Gasteiger partial charge in [0.2, 0.25) is 5.89 Å². The Morgan fingerprint density at radius 2 is 1.58 bits per heavy atom. The van der Waals surface area contributed by atoms with Gasteiger partial charge in [-0.15, -0.1) is 0 Å². The Labute approximate surface area is 186 Å². The van der Waals surface area contributed by atoms with Gasteiger partial charge < -0.3 is 19.5 Å². The predicted molar refractivity (Wildman–Crippen MR) is 120 cm³/mol. The molecule has 0 spiro atoms. The molecule has 156 valence electrons. The third-order valence-electron chi connectivity index (χ3n) is 4.58. The van der Waals surface area contributed by atoms with E-state index in [0.29, 0.717) is 27.5 Å². The molecule has 8 heteroatoms. The van der Waals surface area contributed by atoms with Crippen LogP contribution in [0.15, 0.2) is 74.2 Å². The number of nitrogens with one attached hydrogen (secondary N) is 2. The minimum absolute atomic E-state index is 0.163. The SMILES string of the molecule is Cc1nc(-c2cccc(NC(=O)c3cccc(NC(=O)c4ccc(Br)o4)c3)c2)oc1C. The minimum Gasteiger partial charge on any atom is -0.444 e. The quantitative estimate of drug-likeness (QED) is 0.375. The highest BCUT2D eigenvalue weighted by molar-refractivity contribution is 9.10. The summed E-state index contributed by atoms with van der Waals surface area (Å²) in [6.07, 6.45) is 0. The summed E-state index contributed by atoms with van der Waals surface area (Å²) in [6, 6.07) is 17.1. The maximum atomic E-state index is 12.7. The van der Waals surface area contributed by atoms with Gasteiger partial charge >= 0.3 is 0 Å². The van der Waals surface area contributed by atoms with Crippen LogP contribution in [0.1, 0.15) is 32.4 Å². The summed E-state index contributed by atoms with van der Waals surface area (Å²) in [4.78, 5) is 29.4. The molecule has 0 aliphatic heterocycles. The van der Waals surface area contributed by atoms with Gasteiger partial charge in [-0.3, -0.25) is 9.59 Å². The number of hydrogen-bond donors (Lipinski definition) is 2. The number of furan rings is 1. The van der Waals surface area contributed by atoms with E-state index in [2.05, 4.69) is 31.5 Å². The number of aryl methyl sites for hydroxylation is 2. The van der Waals surface area contributed by atoms with Gasteiger partial charge in [0.1, 0.15) is 5.76 Å². The Morgan fingerprint density at radius 3 is 2.26 bits per heavy atom. The number of rotatable bonds is 5. The number of hydrogen-bond acceptors (Lipinski definition) is 5. The molecule has 2 aromatic heterocycles. The molecule has 0 saturated heterocycles. The van der Waals surface area contributed by atoms with Crippen molar-refractivity contribution in [2.24, 2.45) is 0 Å². The molecule has 2 heterocycles. The van der Waals surface area contributed by atoms with Crippen LogP contribution in [0.2, 0.25) is 0 Å². The van der Waals surface area contributed by atoms with Crippen molar-refractivity contribution in [3.8, 4) is 11.5 Å². The van der Waals surface area contributed by atoms with E-state index in [1.807, 2.05) is 26.0 Å². The summed E-state index contributed by atoms with van der Waals surface area (Å²) in [5.41, 5.74) is 3.06. The molecule has 2 amide bonds. The highest BCUT2D eigenvalue weighted by atomic mass is 79.9. The van der Waals surface area contributed by atoms with E-state index in [9.17, 15) is 9.59 Å². The molecule has 0 unspecified atom stereocenters. The van der Waals surface area contributed by atoms with Crippen LogP contribution >= 0.6 is 15.9 Å². The molecule has 2 aromatic carbocycles. The van der Waals surface area contributed by atoms with Gasteiger partial charge in [-0.1, -0.05) is 12.1 Å². The van der Waals surface area contributed by atoms with E-state index in [0.717, 1.165) is 17.0 Å². The second-order valence-corrected chi connectivity index (χ2v) is 7.62. The average Bonchev–Trinajstić information content (AvgIpc) is 3.34. The van der Waals surface area contributed by atoms with Crippen LogP contribution in [-0.4, -0.2) is 16.8 Å². The fourth-order valence-electron chi connectivity index (χ4n) is 2.90. The van der Waals surface area contributed by atoms with Crippen LogP contribution in [0.4, 0.5) is 11.4 Å². The van der Waals surface area contributed by atoms with Crippen molar-refractivity contribution in [2.75, 3.05) is 10.6 Å². The zero-order valence-corrected chi connectivity index (χ0v) is 18.3. The summed E-state index contributed by atoms with van der Waals surface area (Å²) < 4.78 is 11.4. The number of benzene rings is 2. The van der Waals surface area contributed by atoms with Gasteiger partial charge in [-0.05, 0) is 78.3 Å². The lowest BCUT2D eigenvalue weighted by Gasteiger charge is -2.08. The molecule has 7 nitrogen and oxygen atoms in total. The van der Waals surface area contributed by atoms with E-state index < -0.39 is 5.91 Å². The normalized spacial score (nSPS) is 10.7. The zero-order chi connectivity index (χ0) is 22.0.